The first kappa shape index (κ1) is 17.3. The van der Waals surface area contributed by atoms with Crippen LogP contribution in [0, 0.1) is 0 Å². The Kier molecular flexibility index (Phi) is 5.90. The second kappa shape index (κ2) is 6.81. The molecule has 0 spiro atoms. The molecule has 1 aliphatic rings. The molecule has 1 saturated heterocycles. The van der Waals surface area contributed by atoms with Crippen molar-refractivity contribution in [1.29, 1.82) is 0 Å². The van der Waals surface area contributed by atoms with Crippen LogP contribution in [0.5, 0.6) is 0 Å². The number of nitrogens with zero attached hydrogens (tertiary/aromatic N) is 3. The maximum Gasteiger partial charge on any atom is 0.259 e. The molecule has 1 aromatic heterocycles. The summed E-state index contributed by atoms with van der Waals surface area (Å²) < 4.78 is 33.3. The summed E-state index contributed by atoms with van der Waals surface area (Å²) in [5.41, 5.74) is -0.326. The van der Waals surface area contributed by atoms with Crippen LogP contribution in [0.25, 0.3) is 0 Å². The Morgan fingerprint density at radius 2 is 2.35 bits per heavy atom. The molecular weight excluding hydrogens is 306 g/mol. The zero-order chi connectivity index (χ0) is 13.9. The first-order valence-electron chi connectivity index (χ1n) is 6.07. The SMILES string of the molecule is COCC1(CNS(=O)(=O)c2cnnn2C)CCCN1.Cl. The molecule has 0 radical (unpaired) electrons. The first-order chi connectivity index (χ1) is 8.99. The number of aromatic nitrogens is 3. The van der Waals surface area contributed by atoms with Crippen molar-refractivity contribution in [3.05, 3.63) is 6.20 Å². The first-order valence-corrected chi connectivity index (χ1v) is 7.56. The lowest BCUT2D eigenvalue weighted by Gasteiger charge is -2.28. The largest absolute Gasteiger partial charge is 0.383 e. The van der Waals surface area contributed by atoms with Crippen LogP contribution in [0.15, 0.2) is 11.2 Å². The fourth-order valence-electron chi connectivity index (χ4n) is 2.30. The van der Waals surface area contributed by atoms with Crippen LogP contribution >= 0.6 is 12.4 Å². The molecule has 116 valence electrons. The Bertz CT molecular complexity index is 527. The van der Waals surface area contributed by atoms with E-state index in [1.807, 2.05) is 0 Å². The number of hydrogen-bond acceptors (Lipinski definition) is 6. The van der Waals surface area contributed by atoms with Gasteiger partial charge in [-0.1, -0.05) is 5.21 Å². The maximum absolute atomic E-state index is 12.1. The zero-order valence-corrected chi connectivity index (χ0v) is 13.1. The van der Waals surface area contributed by atoms with E-state index in [1.165, 1.54) is 10.9 Å². The van der Waals surface area contributed by atoms with Crippen molar-refractivity contribution >= 4 is 22.4 Å². The van der Waals surface area contributed by atoms with Crippen molar-refractivity contribution < 1.29 is 13.2 Å². The number of sulfonamides is 1. The number of ether oxygens (including phenoxy) is 1. The summed E-state index contributed by atoms with van der Waals surface area (Å²) in [6.45, 7) is 1.63. The molecule has 0 amide bonds. The topological polar surface area (TPSA) is 98.1 Å². The molecule has 8 nitrogen and oxygen atoms in total. The normalized spacial score (nSPS) is 22.7. The minimum Gasteiger partial charge on any atom is -0.383 e. The molecule has 20 heavy (non-hydrogen) atoms. The van der Waals surface area contributed by atoms with E-state index in [2.05, 4.69) is 20.4 Å². The average molecular weight is 326 g/mol. The summed E-state index contributed by atoms with van der Waals surface area (Å²) in [6.07, 6.45) is 3.12. The van der Waals surface area contributed by atoms with Gasteiger partial charge >= 0.3 is 0 Å². The van der Waals surface area contributed by atoms with Crippen LogP contribution in [0.3, 0.4) is 0 Å². The third kappa shape index (κ3) is 3.67. The Hall–Kier alpha value is -0.740. The summed E-state index contributed by atoms with van der Waals surface area (Å²) in [7, 11) is -0.445. The summed E-state index contributed by atoms with van der Waals surface area (Å²) in [6, 6.07) is 0. The second-order valence-electron chi connectivity index (χ2n) is 4.76. The van der Waals surface area contributed by atoms with Gasteiger partial charge in [0.05, 0.1) is 18.3 Å². The molecule has 2 heterocycles. The Balaban J connectivity index is 0.00000200. The predicted molar refractivity (Wildman–Crippen MR) is 75.3 cm³/mol. The van der Waals surface area contributed by atoms with Gasteiger partial charge in [0.25, 0.3) is 10.0 Å². The molecule has 1 atom stereocenters. The molecule has 1 aromatic rings. The summed E-state index contributed by atoms with van der Waals surface area (Å²) >= 11 is 0. The fraction of sp³-hybridized carbons (Fsp3) is 0.800. The number of hydrogen-bond donors (Lipinski definition) is 2. The predicted octanol–water partition coefficient (Wildman–Crippen LogP) is -0.716. The van der Waals surface area contributed by atoms with E-state index in [1.54, 1.807) is 14.2 Å². The standard InChI is InChI=1S/C10H19N5O3S.ClH/c1-15-9(6-12-14-15)19(16,17)13-7-10(8-18-2)4-3-5-11-10;/h6,11,13H,3-5,7-8H2,1-2H3;1H. The summed E-state index contributed by atoms with van der Waals surface area (Å²) in [5.74, 6) is 0. The van der Waals surface area contributed by atoms with Crippen molar-refractivity contribution in [2.45, 2.75) is 23.4 Å². The van der Waals surface area contributed by atoms with Crippen molar-refractivity contribution in [1.82, 2.24) is 25.0 Å². The lowest BCUT2D eigenvalue weighted by molar-refractivity contribution is 0.122. The number of nitrogens with one attached hydrogen (secondary N) is 2. The van der Waals surface area contributed by atoms with Crippen molar-refractivity contribution in [2.24, 2.45) is 7.05 Å². The van der Waals surface area contributed by atoms with Gasteiger partial charge in [-0.3, -0.25) is 0 Å². The summed E-state index contributed by atoms with van der Waals surface area (Å²) in [4.78, 5) is 0. The Morgan fingerprint density at radius 3 is 2.85 bits per heavy atom. The third-order valence-corrected chi connectivity index (χ3v) is 4.75. The van der Waals surface area contributed by atoms with Crippen molar-refractivity contribution in [3.8, 4) is 0 Å². The van der Waals surface area contributed by atoms with Gasteiger partial charge in [0.1, 0.15) is 0 Å². The number of halogens is 1. The quantitative estimate of drug-likeness (QED) is 0.716. The van der Waals surface area contributed by atoms with Crippen LogP contribution < -0.4 is 10.0 Å². The molecule has 2 N–H and O–H groups in total. The molecule has 0 aliphatic carbocycles. The van der Waals surface area contributed by atoms with Gasteiger partial charge in [0.2, 0.25) is 0 Å². The van der Waals surface area contributed by atoms with Gasteiger partial charge in [0.15, 0.2) is 5.03 Å². The molecular formula is C10H20ClN5O3S. The van der Waals surface area contributed by atoms with E-state index >= 15 is 0 Å². The van der Waals surface area contributed by atoms with Crippen LogP contribution in [-0.2, 0) is 21.8 Å². The van der Waals surface area contributed by atoms with E-state index in [-0.39, 0.29) is 29.5 Å². The van der Waals surface area contributed by atoms with Gasteiger partial charge in [-0.15, -0.1) is 17.5 Å². The zero-order valence-electron chi connectivity index (χ0n) is 11.5. The molecule has 0 aromatic carbocycles. The number of methoxy groups -OCH3 is 1. The highest BCUT2D eigenvalue weighted by Crippen LogP contribution is 2.19. The maximum atomic E-state index is 12.1. The highest BCUT2D eigenvalue weighted by Gasteiger charge is 2.35. The van der Waals surface area contributed by atoms with Gasteiger partial charge in [-0.25, -0.2) is 17.8 Å². The molecule has 0 saturated carbocycles. The van der Waals surface area contributed by atoms with Gasteiger partial charge in [0, 0.05) is 20.7 Å². The monoisotopic (exact) mass is 325 g/mol. The molecule has 10 heteroatoms. The summed E-state index contributed by atoms with van der Waals surface area (Å²) in [5, 5.41) is 10.6. The van der Waals surface area contributed by atoms with E-state index < -0.39 is 10.0 Å². The van der Waals surface area contributed by atoms with Crippen molar-refractivity contribution in [2.75, 3.05) is 26.8 Å². The highest BCUT2D eigenvalue weighted by atomic mass is 35.5. The molecule has 1 unspecified atom stereocenters. The molecule has 1 aliphatic heterocycles. The fourth-order valence-corrected chi connectivity index (χ4v) is 3.49. The van der Waals surface area contributed by atoms with Gasteiger partial charge in [-0.05, 0) is 19.4 Å². The van der Waals surface area contributed by atoms with E-state index in [9.17, 15) is 8.42 Å². The Morgan fingerprint density at radius 1 is 1.60 bits per heavy atom. The van der Waals surface area contributed by atoms with E-state index in [0.29, 0.717) is 6.61 Å². The molecule has 1 fully saturated rings. The number of aryl methyl sites for hydroxylation is 1. The smallest absolute Gasteiger partial charge is 0.259 e. The van der Waals surface area contributed by atoms with E-state index in [0.717, 1.165) is 19.4 Å². The van der Waals surface area contributed by atoms with Crippen LogP contribution in [0.2, 0.25) is 0 Å². The van der Waals surface area contributed by atoms with Crippen molar-refractivity contribution in [3.63, 3.8) is 0 Å². The Labute approximate surface area is 124 Å². The average Bonchev–Trinajstić information content (AvgIpc) is 2.97. The van der Waals surface area contributed by atoms with Gasteiger partial charge in [-0.2, -0.15) is 0 Å². The van der Waals surface area contributed by atoms with Crippen LogP contribution in [0.4, 0.5) is 0 Å². The number of rotatable bonds is 6. The minimum atomic E-state index is -3.60. The second-order valence-corrected chi connectivity index (χ2v) is 6.48. The third-order valence-electron chi connectivity index (χ3n) is 3.30. The van der Waals surface area contributed by atoms with E-state index in [4.69, 9.17) is 4.74 Å². The van der Waals surface area contributed by atoms with Crippen LogP contribution in [0.1, 0.15) is 12.8 Å². The molecule has 2 rings (SSSR count). The lowest BCUT2D eigenvalue weighted by atomic mass is 9.99. The highest BCUT2D eigenvalue weighted by molar-refractivity contribution is 7.89. The lowest BCUT2D eigenvalue weighted by Crippen LogP contribution is -2.53. The minimum absolute atomic E-state index is 0. The van der Waals surface area contributed by atoms with Gasteiger partial charge < -0.3 is 10.1 Å². The van der Waals surface area contributed by atoms with Crippen LogP contribution in [-0.4, -0.2) is 55.8 Å². The molecule has 0 bridgehead atoms.